The Morgan fingerprint density at radius 1 is 1.19 bits per heavy atom. The van der Waals surface area contributed by atoms with Crippen LogP contribution in [0.15, 0.2) is 53.1 Å². The summed E-state index contributed by atoms with van der Waals surface area (Å²) in [4.78, 5) is 16.3. The smallest absolute Gasteiger partial charge is 0.227 e. The molecule has 0 fully saturated rings. The largest absolute Gasteiger partial charge is 0.350 e. The van der Waals surface area contributed by atoms with Crippen molar-refractivity contribution in [2.45, 2.75) is 25.8 Å². The van der Waals surface area contributed by atoms with Gasteiger partial charge in [0.2, 0.25) is 17.6 Å². The number of benzene rings is 2. The number of hydrogen-bond donors (Lipinski definition) is 1. The Hall–Kier alpha value is -2.73. The van der Waals surface area contributed by atoms with Gasteiger partial charge in [0.25, 0.3) is 0 Å². The Kier molecular flexibility index (Phi) is 5.63. The van der Waals surface area contributed by atoms with Gasteiger partial charge >= 0.3 is 0 Å². The van der Waals surface area contributed by atoms with Crippen LogP contribution in [0.4, 0.5) is 4.39 Å². The van der Waals surface area contributed by atoms with Gasteiger partial charge in [-0.2, -0.15) is 4.98 Å². The van der Waals surface area contributed by atoms with Crippen LogP contribution in [0.2, 0.25) is 5.02 Å². The molecule has 0 saturated heterocycles. The van der Waals surface area contributed by atoms with Crippen LogP contribution in [0, 0.1) is 5.82 Å². The molecule has 0 aliphatic heterocycles. The number of hydrogen-bond acceptors (Lipinski definition) is 4. The summed E-state index contributed by atoms with van der Waals surface area (Å²) in [6, 6.07) is 13.0. The molecule has 0 radical (unpaired) electrons. The highest BCUT2D eigenvalue weighted by molar-refractivity contribution is 6.30. The lowest BCUT2D eigenvalue weighted by atomic mass is 10.1. The minimum atomic E-state index is -0.330. The highest BCUT2D eigenvalue weighted by Gasteiger charge is 2.13. The van der Waals surface area contributed by atoms with Crippen LogP contribution in [0.25, 0.3) is 11.4 Å². The minimum Gasteiger partial charge on any atom is -0.350 e. The summed E-state index contributed by atoms with van der Waals surface area (Å²) in [5.74, 6) is 0.284. The van der Waals surface area contributed by atoms with E-state index in [1.165, 1.54) is 12.1 Å². The quantitative estimate of drug-likeness (QED) is 0.698. The monoisotopic (exact) mass is 373 g/mol. The standard InChI is InChI=1S/C19H17ClFN3O2/c1-12(13-2-6-15(20)7-3-13)22-17(25)10-11-18-23-19(24-26-18)14-4-8-16(21)9-5-14/h2-9,12H,10-11H2,1H3,(H,22,25). The van der Waals surface area contributed by atoms with Gasteiger partial charge in [0.05, 0.1) is 6.04 Å². The van der Waals surface area contributed by atoms with Gasteiger partial charge in [-0.25, -0.2) is 4.39 Å². The molecule has 1 unspecified atom stereocenters. The number of amides is 1. The first-order valence-corrected chi connectivity index (χ1v) is 8.52. The second-order valence-electron chi connectivity index (χ2n) is 5.86. The lowest BCUT2D eigenvalue weighted by molar-refractivity contribution is -0.121. The molecular weight excluding hydrogens is 357 g/mol. The summed E-state index contributed by atoms with van der Waals surface area (Å²) < 4.78 is 18.1. The van der Waals surface area contributed by atoms with Gasteiger partial charge in [-0.05, 0) is 48.9 Å². The number of aromatic nitrogens is 2. The Bertz CT molecular complexity index is 879. The molecule has 3 aromatic rings. The van der Waals surface area contributed by atoms with Crippen molar-refractivity contribution in [3.8, 4) is 11.4 Å². The molecule has 1 atom stereocenters. The zero-order valence-electron chi connectivity index (χ0n) is 14.1. The third-order valence-corrected chi connectivity index (χ3v) is 4.14. The SMILES string of the molecule is CC(NC(=O)CCc1nc(-c2ccc(F)cc2)no1)c1ccc(Cl)cc1. The normalized spacial score (nSPS) is 12.0. The summed E-state index contributed by atoms with van der Waals surface area (Å²) in [7, 11) is 0. The van der Waals surface area contributed by atoms with Gasteiger partial charge in [-0.3, -0.25) is 4.79 Å². The summed E-state index contributed by atoms with van der Waals surface area (Å²) in [6.45, 7) is 1.90. The Labute approximate surface area is 155 Å². The topological polar surface area (TPSA) is 68.0 Å². The van der Waals surface area contributed by atoms with Crippen LogP contribution < -0.4 is 5.32 Å². The van der Waals surface area contributed by atoms with E-state index in [4.69, 9.17) is 16.1 Å². The van der Waals surface area contributed by atoms with Crippen molar-refractivity contribution in [3.63, 3.8) is 0 Å². The third-order valence-electron chi connectivity index (χ3n) is 3.88. The fraction of sp³-hybridized carbons (Fsp3) is 0.211. The highest BCUT2D eigenvalue weighted by Crippen LogP contribution is 2.18. The number of nitrogens with one attached hydrogen (secondary N) is 1. The van der Waals surface area contributed by atoms with E-state index in [0.717, 1.165) is 5.56 Å². The fourth-order valence-electron chi connectivity index (χ4n) is 2.44. The van der Waals surface area contributed by atoms with Gasteiger partial charge in [0.1, 0.15) is 5.82 Å². The molecule has 1 amide bonds. The Balaban J connectivity index is 1.53. The van der Waals surface area contributed by atoms with E-state index in [2.05, 4.69) is 15.5 Å². The summed E-state index contributed by atoms with van der Waals surface area (Å²) >= 11 is 5.86. The molecule has 0 bridgehead atoms. The Morgan fingerprint density at radius 3 is 2.58 bits per heavy atom. The maximum Gasteiger partial charge on any atom is 0.227 e. The molecule has 7 heteroatoms. The van der Waals surface area contributed by atoms with Crippen molar-refractivity contribution >= 4 is 17.5 Å². The fourth-order valence-corrected chi connectivity index (χ4v) is 2.57. The van der Waals surface area contributed by atoms with Crippen molar-refractivity contribution < 1.29 is 13.7 Å². The van der Waals surface area contributed by atoms with E-state index in [9.17, 15) is 9.18 Å². The Morgan fingerprint density at radius 2 is 1.88 bits per heavy atom. The first-order valence-electron chi connectivity index (χ1n) is 8.14. The minimum absolute atomic E-state index is 0.117. The van der Waals surface area contributed by atoms with Crippen LogP contribution in [0.5, 0.6) is 0 Å². The van der Waals surface area contributed by atoms with Crippen molar-refractivity contribution in [3.05, 3.63) is 70.8 Å². The van der Waals surface area contributed by atoms with Crippen LogP contribution in [-0.4, -0.2) is 16.0 Å². The van der Waals surface area contributed by atoms with Crippen LogP contribution in [0.1, 0.15) is 30.8 Å². The molecule has 1 N–H and O–H groups in total. The molecule has 0 saturated carbocycles. The second-order valence-corrected chi connectivity index (χ2v) is 6.30. The molecule has 0 aliphatic carbocycles. The number of carbonyl (C=O) groups excluding carboxylic acids is 1. The van der Waals surface area contributed by atoms with Gasteiger partial charge in [-0.1, -0.05) is 28.9 Å². The molecule has 0 aliphatic rings. The predicted octanol–water partition coefficient (Wildman–Crippen LogP) is 4.34. The van der Waals surface area contributed by atoms with Gasteiger partial charge in [0.15, 0.2) is 0 Å². The molecule has 0 spiro atoms. The van der Waals surface area contributed by atoms with E-state index in [1.807, 2.05) is 19.1 Å². The van der Waals surface area contributed by atoms with Crippen molar-refractivity contribution in [2.75, 3.05) is 0 Å². The number of rotatable bonds is 6. The van der Waals surface area contributed by atoms with Crippen LogP contribution >= 0.6 is 11.6 Å². The molecule has 1 aromatic heterocycles. The van der Waals surface area contributed by atoms with Crippen LogP contribution in [0.3, 0.4) is 0 Å². The summed E-state index contributed by atoms with van der Waals surface area (Å²) in [5, 5.41) is 7.43. The van der Waals surface area contributed by atoms with Gasteiger partial charge < -0.3 is 9.84 Å². The number of aryl methyl sites for hydroxylation is 1. The first kappa shape index (κ1) is 18.1. The van der Waals surface area contributed by atoms with E-state index in [-0.39, 0.29) is 24.2 Å². The third kappa shape index (κ3) is 4.67. The average Bonchev–Trinajstić information content (AvgIpc) is 3.10. The van der Waals surface area contributed by atoms with Crippen LogP contribution in [-0.2, 0) is 11.2 Å². The molecule has 5 nitrogen and oxygen atoms in total. The lowest BCUT2D eigenvalue weighted by Gasteiger charge is -2.14. The predicted molar refractivity (Wildman–Crippen MR) is 96.0 cm³/mol. The maximum absolute atomic E-state index is 12.9. The molecule has 134 valence electrons. The van der Waals surface area contributed by atoms with Crippen molar-refractivity contribution in [1.82, 2.24) is 15.5 Å². The molecule has 1 heterocycles. The zero-order valence-corrected chi connectivity index (χ0v) is 14.8. The summed E-state index contributed by atoms with van der Waals surface area (Å²) in [5.41, 5.74) is 1.63. The number of nitrogens with zero attached hydrogens (tertiary/aromatic N) is 2. The van der Waals surface area contributed by atoms with Crippen molar-refractivity contribution in [2.24, 2.45) is 0 Å². The zero-order chi connectivity index (χ0) is 18.5. The van der Waals surface area contributed by atoms with Gasteiger partial charge in [-0.15, -0.1) is 0 Å². The van der Waals surface area contributed by atoms with E-state index >= 15 is 0 Å². The molecule has 26 heavy (non-hydrogen) atoms. The van der Waals surface area contributed by atoms with E-state index in [1.54, 1.807) is 24.3 Å². The van der Waals surface area contributed by atoms with E-state index in [0.29, 0.717) is 28.7 Å². The number of halogens is 2. The second kappa shape index (κ2) is 8.10. The highest BCUT2D eigenvalue weighted by atomic mass is 35.5. The number of carbonyl (C=O) groups is 1. The molecule has 3 rings (SSSR count). The average molecular weight is 374 g/mol. The first-order chi connectivity index (χ1) is 12.5. The van der Waals surface area contributed by atoms with Gasteiger partial charge in [0, 0.05) is 23.4 Å². The van der Waals surface area contributed by atoms with Crippen molar-refractivity contribution in [1.29, 1.82) is 0 Å². The summed E-state index contributed by atoms with van der Waals surface area (Å²) in [6.07, 6.45) is 0.552. The molecular formula is C19H17ClFN3O2. The lowest BCUT2D eigenvalue weighted by Crippen LogP contribution is -2.26. The molecule has 2 aromatic carbocycles. The van der Waals surface area contributed by atoms with E-state index < -0.39 is 0 Å². The maximum atomic E-state index is 12.9.